The fourth-order valence-electron chi connectivity index (χ4n) is 2.17. The van der Waals surface area contributed by atoms with Gasteiger partial charge in [-0.25, -0.2) is 4.79 Å². The molecule has 1 fully saturated rings. The lowest BCUT2D eigenvalue weighted by atomic mass is 9.94. The van der Waals surface area contributed by atoms with Crippen molar-refractivity contribution >= 4 is 21.4 Å². The van der Waals surface area contributed by atoms with Crippen LogP contribution in [0.3, 0.4) is 0 Å². The Kier molecular flexibility index (Phi) is 6.57. The number of hydrogen-bond acceptors (Lipinski definition) is 8. The molecule has 1 aromatic carbocycles. The van der Waals surface area contributed by atoms with E-state index in [9.17, 15) is 14.5 Å². The molecule has 1 aliphatic rings. The highest BCUT2D eigenvalue weighted by atomic mass is 31.2. The van der Waals surface area contributed by atoms with Crippen LogP contribution < -0.4 is 0 Å². The molecule has 0 saturated carbocycles. The van der Waals surface area contributed by atoms with E-state index < -0.39 is 44.4 Å². The maximum Gasteiger partial charge on any atom is 0.355 e. The molecule has 1 aliphatic heterocycles. The van der Waals surface area contributed by atoms with E-state index in [2.05, 4.69) is 0 Å². The van der Waals surface area contributed by atoms with Crippen molar-refractivity contribution in [3.8, 4) is 0 Å². The fourth-order valence-corrected chi connectivity index (χ4v) is 2.86. The minimum absolute atomic E-state index is 0.336. The second-order valence-electron chi connectivity index (χ2n) is 5.21. The van der Waals surface area contributed by atoms with E-state index >= 15 is 0 Å². The summed E-state index contributed by atoms with van der Waals surface area (Å²) < 4.78 is 37.7. The van der Waals surface area contributed by atoms with Gasteiger partial charge in [-0.15, -0.1) is 0 Å². The van der Waals surface area contributed by atoms with Crippen LogP contribution in [-0.2, 0) is 27.8 Å². The molecule has 10 heteroatoms. The van der Waals surface area contributed by atoms with Crippen molar-refractivity contribution in [1.29, 1.82) is 0 Å². The van der Waals surface area contributed by atoms with E-state index in [0.29, 0.717) is 5.56 Å². The van der Waals surface area contributed by atoms with Gasteiger partial charge in [0.2, 0.25) is 0 Å². The van der Waals surface area contributed by atoms with Gasteiger partial charge in [0.25, 0.3) is 0 Å². The summed E-state index contributed by atoms with van der Waals surface area (Å²) in [6.07, 6.45) is -3.62. The fraction of sp³-hybridized carbons (Fsp3) is 0.500. The molecule has 0 spiro atoms. The van der Waals surface area contributed by atoms with Gasteiger partial charge in [-0.05, 0) is 12.1 Å². The van der Waals surface area contributed by atoms with E-state index in [0.717, 1.165) is 0 Å². The Morgan fingerprint density at radius 3 is 2.50 bits per heavy atom. The quantitative estimate of drug-likeness (QED) is 0.423. The summed E-state index contributed by atoms with van der Waals surface area (Å²) in [6.45, 7) is 0. The van der Waals surface area contributed by atoms with Gasteiger partial charge in [0.1, 0.15) is 14.0 Å². The molecule has 4 unspecified atom stereocenters. The van der Waals surface area contributed by atoms with Gasteiger partial charge in [-0.3, -0.25) is 4.57 Å². The number of carbonyl (C=O) groups is 1. The Balaban J connectivity index is 2.04. The number of rotatable bonds is 7. The van der Waals surface area contributed by atoms with Crippen LogP contribution in [0.15, 0.2) is 30.3 Å². The van der Waals surface area contributed by atoms with Gasteiger partial charge in [0, 0.05) is 14.2 Å². The molecule has 24 heavy (non-hydrogen) atoms. The van der Waals surface area contributed by atoms with Crippen LogP contribution >= 0.6 is 7.60 Å². The summed E-state index contributed by atoms with van der Waals surface area (Å²) in [5.74, 6) is -0.618. The molecular formula is C14H20BO8P. The van der Waals surface area contributed by atoms with E-state index in [4.69, 9.17) is 23.3 Å². The Morgan fingerprint density at radius 1 is 1.29 bits per heavy atom. The second kappa shape index (κ2) is 8.25. The van der Waals surface area contributed by atoms with Crippen molar-refractivity contribution in [1.82, 2.24) is 0 Å². The first kappa shape index (κ1) is 19.1. The molecule has 0 radical (unpaired) electrons. The van der Waals surface area contributed by atoms with Crippen molar-refractivity contribution in [3.63, 3.8) is 0 Å². The number of ether oxygens (including phenoxy) is 3. The average Bonchev–Trinajstić information content (AvgIpc) is 2.88. The first-order chi connectivity index (χ1) is 11.4. The summed E-state index contributed by atoms with van der Waals surface area (Å²) in [4.78, 5) is 12.2. The highest BCUT2D eigenvalue weighted by molar-refractivity contribution is 7.53. The number of aliphatic hydroxyl groups excluding tert-OH is 1. The molecule has 1 saturated heterocycles. The topological polar surface area (TPSA) is 101 Å². The number of carbonyl (C=O) groups excluding carboxylic acids is 1. The molecule has 0 aliphatic carbocycles. The smallest absolute Gasteiger partial charge is 0.355 e. The third-order valence-corrected chi connectivity index (χ3v) is 5.22. The van der Waals surface area contributed by atoms with Gasteiger partial charge in [0.05, 0.1) is 11.6 Å². The highest BCUT2D eigenvalue weighted by Gasteiger charge is 2.45. The summed E-state index contributed by atoms with van der Waals surface area (Å²) in [5, 5.41) is 10.2. The molecule has 0 amide bonds. The second-order valence-corrected chi connectivity index (χ2v) is 7.42. The van der Waals surface area contributed by atoms with E-state index in [1.165, 1.54) is 14.2 Å². The van der Waals surface area contributed by atoms with Crippen LogP contribution in [0, 0.1) is 0 Å². The lowest BCUT2D eigenvalue weighted by molar-refractivity contribution is -0.150. The number of aliphatic hydroxyl groups is 1. The van der Waals surface area contributed by atoms with Crippen LogP contribution in [0.1, 0.15) is 10.4 Å². The normalized spacial score (nSPS) is 27.1. The van der Waals surface area contributed by atoms with Crippen molar-refractivity contribution < 1.29 is 37.7 Å². The Hall–Kier alpha value is -1.22. The largest absolute Gasteiger partial charge is 0.450 e. The minimum atomic E-state index is -3.42. The zero-order valence-electron chi connectivity index (χ0n) is 13.7. The summed E-state index contributed by atoms with van der Waals surface area (Å²) in [6, 6.07) is 7.73. The predicted octanol–water partition coefficient (Wildman–Crippen LogP) is 0.348. The van der Waals surface area contributed by atoms with Crippen molar-refractivity contribution in [2.24, 2.45) is 0 Å². The van der Waals surface area contributed by atoms with Crippen molar-refractivity contribution in [3.05, 3.63) is 35.9 Å². The third kappa shape index (κ3) is 4.44. The van der Waals surface area contributed by atoms with Gasteiger partial charge >= 0.3 is 13.6 Å². The van der Waals surface area contributed by atoms with Crippen molar-refractivity contribution in [2.75, 3.05) is 20.6 Å². The maximum absolute atomic E-state index is 12.2. The zero-order valence-corrected chi connectivity index (χ0v) is 14.5. The predicted molar refractivity (Wildman–Crippen MR) is 86.4 cm³/mol. The van der Waals surface area contributed by atoms with Gasteiger partial charge in [-0.1, -0.05) is 18.2 Å². The van der Waals surface area contributed by atoms with Crippen molar-refractivity contribution in [2.45, 2.75) is 24.5 Å². The van der Waals surface area contributed by atoms with Crippen LogP contribution in [0.25, 0.3) is 0 Å². The van der Waals surface area contributed by atoms with Gasteiger partial charge in [-0.2, -0.15) is 0 Å². The van der Waals surface area contributed by atoms with E-state index in [1.54, 1.807) is 38.2 Å². The first-order valence-corrected chi connectivity index (χ1v) is 9.04. The molecule has 1 aromatic rings. The Labute approximate surface area is 140 Å². The molecular weight excluding hydrogens is 338 g/mol. The number of benzene rings is 1. The maximum atomic E-state index is 12.2. The molecule has 8 nitrogen and oxygen atoms in total. The lowest BCUT2D eigenvalue weighted by Crippen LogP contribution is -2.38. The summed E-state index contributed by atoms with van der Waals surface area (Å²) in [5.41, 5.74) is 0.336. The van der Waals surface area contributed by atoms with Crippen LogP contribution in [-0.4, -0.2) is 64.0 Å². The SMILES string of the molecule is BC1OC(OCP(=O)(OC)OC)C(OC(=O)c2ccccc2)C1O. The third-order valence-electron chi connectivity index (χ3n) is 3.64. The molecule has 1 heterocycles. The highest BCUT2D eigenvalue weighted by Crippen LogP contribution is 2.46. The first-order valence-electron chi connectivity index (χ1n) is 7.32. The Morgan fingerprint density at radius 2 is 1.92 bits per heavy atom. The number of esters is 1. The molecule has 132 valence electrons. The Bertz CT molecular complexity index is 590. The van der Waals surface area contributed by atoms with Gasteiger partial charge < -0.3 is 28.4 Å². The monoisotopic (exact) mass is 358 g/mol. The molecule has 0 bridgehead atoms. The summed E-state index contributed by atoms with van der Waals surface area (Å²) >= 11 is 0. The molecule has 4 atom stereocenters. The van der Waals surface area contributed by atoms with Crippen LogP contribution in [0.5, 0.6) is 0 Å². The van der Waals surface area contributed by atoms with E-state index in [1.807, 2.05) is 0 Å². The van der Waals surface area contributed by atoms with Crippen LogP contribution in [0.2, 0.25) is 0 Å². The number of hydrogen-bond donors (Lipinski definition) is 1. The molecule has 0 aromatic heterocycles. The zero-order chi connectivity index (χ0) is 17.7. The lowest BCUT2D eigenvalue weighted by Gasteiger charge is -2.22. The van der Waals surface area contributed by atoms with Gasteiger partial charge in [0.15, 0.2) is 18.7 Å². The minimum Gasteiger partial charge on any atom is -0.450 e. The van der Waals surface area contributed by atoms with E-state index in [-0.39, 0.29) is 0 Å². The molecule has 2 rings (SSSR count). The van der Waals surface area contributed by atoms with Crippen LogP contribution in [0.4, 0.5) is 0 Å². The average molecular weight is 358 g/mol. The summed E-state index contributed by atoms with van der Waals surface area (Å²) in [7, 11) is 0.658. The standard InChI is InChI=1S/C14H20BO8P/c1-19-24(18,20-2)8-21-14-11(10(16)12(15)23-14)22-13(17)9-6-4-3-5-7-9/h3-7,10-12,14,16H,8,15H2,1-2H3. The molecule has 1 N–H and O–H groups in total.